The highest BCUT2D eigenvalue weighted by Gasteiger charge is 2.47. The monoisotopic (exact) mass is 649 g/mol. The number of hydrogen-bond donors (Lipinski definition) is 3. The van der Waals surface area contributed by atoms with Crippen LogP contribution in [0.4, 0.5) is 17.6 Å². The van der Waals surface area contributed by atoms with Crippen LogP contribution in [-0.4, -0.2) is 51.9 Å². The number of ether oxygens (including phenoxy) is 2. The second-order valence-corrected chi connectivity index (χ2v) is 10.9. The van der Waals surface area contributed by atoms with Crippen molar-refractivity contribution < 1.29 is 41.7 Å². The Hall–Kier alpha value is -4.43. The number of nitrogens with two attached hydrogens (primary N) is 1. The fourth-order valence-electron chi connectivity index (χ4n) is 5.15. The minimum absolute atomic E-state index is 0.0346. The van der Waals surface area contributed by atoms with E-state index in [1.54, 1.807) is 6.92 Å². The number of carbonyl (C=O) groups is 2. The molecule has 1 atom stereocenters. The molecule has 0 bridgehead atoms. The van der Waals surface area contributed by atoms with Gasteiger partial charge in [0.25, 0.3) is 5.91 Å². The molecule has 0 aliphatic heterocycles. The molecule has 45 heavy (non-hydrogen) atoms. The fourth-order valence-corrected chi connectivity index (χ4v) is 5.30. The van der Waals surface area contributed by atoms with Gasteiger partial charge in [0.2, 0.25) is 5.91 Å². The second kappa shape index (κ2) is 12.5. The molecule has 2 aromatic heterocycles. The minimum atomic E-state index is -2.91. The number of methoxy groups -OCH3 is 1. The van der Waals surface area contributed by atoms with Crippen LogP contribution in [0.1, 0.15) is 47.9 Å². The van der Waals surface area contributed by atoms with E-state index in [4.69, 9.17) is 26.8 Å². The van der Waals surface area contributed by atoms with Gasteiger partial charge >= 0.3 is 6.55 Å². The van der Waals surface area contributed by atoms with Gasteiger partial charge in [-0.2, -0.15) is 13.9 Å². The number of rotatable bonds is 12. The molecule has 4 aromatic rings. The Labute approximate surface area is 259 Å². The molecule has 10 nitrogen and oxygen atoms in total. The van der Waals surface area contributed by atoms with Crippen molar-refractivity contribution in [2.45, 2.75) is 38.3 Å². The van der Waals surface area contributed by atoms with Crippen molar-refractivity contribution in [1.29, 1.82) is 0 Å². The van der Waals surface area contributed by atoms with Crippen molar-refractivity contribution in [1.82, 2.24) is 20.1 Å². The number of fused-ring (bicyclic) bond motifs is 1. The Morgan fingerprint density at radius 3 is 2.58 bits per heavy atom. The van der Waals surface area contributed by atoms with Crippen LogP contribution in [-0.2, 0) is 16.8 Å². The Balaban J connectivity index is 1.56. The van der Waals surface area contributed by atoms with E-state index in [1.807, 2.05) is 0 Å². The summed E-state index contributed by atoms with van der Waals surface area (Å²) in [5.41, 5.74) is 3.41. The van der Waals surface area contributed by atoms with Crippen LogP contribution in [0.3, 0.4) is 0 Å². The lowest BCUT2D eigenvalue weighted by Crippen LogP contribution is -2.43. The number of hydrogen-bond acceptors (Lipinski definition) is 7. The number of halogens is 5. The van der Waals surface area contributed by atoms with Gasteiger partial charge in [0.05, 0.1) is 37.4 Å². The van der Waals surface area contributed by atoms with Crippen molar-refractivity contribution >= 4 is 34.3 Å². The molecule has 238 valence electrons. The lowest BCUT2D eigenvalue weighted by atomic mass is 9.90. The Morgan fingerprint density at radius 2 is 1.96 bits per heavy atom. The third-order valence-corrected chi connectivity index (χ3v) is 7.77. The molecule has 2 heterocycles. The molecule has 2 aromatic carbocycles. The quantitative estimate of drug-likeness (QED) is 0.147. The van der Waals surface area contributed by atoms with Crippen LogP contribution in [0.25, 0.3) is 22.2 Å². The highest BCUT2D eigenvalue weighted by atomic mass is 35.5. The number of aliphatic hydroxyl groups is 1. The summed E-state index contributed by atoms with van der Waals surface area (Å²) in [6.07, 6.45) is 1.80. The smallest absolute Gasteiger partial charge is 0.333 e. The Morgan fingerprint density at radius 1 is 1.22 bits per heavy atom. The molecule has 1 fully saturated rings. The van der Waals surface area contributed by atoms with E-state index < -0.39 is 46.5 Å². The van der Waals surface area contributed by atoms with Crippen molar-refractivity contribution in [2.75, 3.05) is 20.3 Å². The van der Waals surface area contributed by atoms with Gasteiger partial charge in [-0.3, -0.25) is 9.59 Å². The zero-order valence-corrected chi connectivity index (χ0v) is 24.8. The number of amides is 2. The number of alkyl halides is 2. The van der Waals surface area contributed by atoms with E-state index >= 15 is 4.39 Å². The third-order valence-electron chi connectivity index (χ3n) is 7.48. The van der Waals surface area contributed by atoms with Crippen LogP contribution >= 0.6 is 11.6 Å². The molecular weight excluding hydrogens is 622 g/mol. The summed E-state index contributed by atoms with van der Waals surface area (Å²) in [4.78, 5) is 29.8. The van der Waals surface area contributed by atoms with Crippen LogP contribution in [0.15, 0.2) is 36.5 Å². The van der Waals surface area contributed by atoms with E-state index in [9.17, 15) is 27.9 Å². The number of pyridine rings is 1. The van der Waals surface area contributed by atoms with Gasteiger partial charge in [0, 0.05) is 28.3 Å². The number of primary amides is 1. The first-order chi connectivity index (χ1) is 21.4. The molecule has 5 rings (SSSR count). The molecule has 0 saturated heterocycles. The van der Waals surface area contributed by atoms with Crippen LogP contribution in [0.2, 0.25) is 5.02 Å². The topological polar surface area (TPSA) is 142 Å². The second-order valence-electron chi connectivity index (χ2n) is 10.5. The van der Waals surface area contributed by atoms with Crippen molar-refractivity contribution in [3.05, 3.63) is 70.0 Å². The Bertz CT molecular complexity index is 1800. The summed E-state index contributed by atoms with van der Waals surface area (Å²) in [7, 11) is 1.30. The molecule has 2 amide bonds. The first kappa shape index (κ1) is 32.0. The highest BCUT2D eigenvalue weighted by Crippen LogP contribution is 2.47. The maximum atomic E-state index is 15.2. The number of aromatic nitrogens is 3. The van der Waals surface area contributed by atoms with Gasteiger partial charge in [0.15, 0.2) is 11.6 Å². The van der Waals surface area contributed by atoms with E-state index in [1.165, 1.54) is 31.4 Å². The molecule has 0 unspecified atom stereocenters. The molecule has 0 radical (unpaired) electrons. The van der Waals surface area contributed by atoms with Gasteiger partial charge in [-0.25, -0.2) is 18.4 Å². The molecule has 4 N–H and O–H groups in total. The van der Waals surface area contributed by atoms with Crippen LogP contribution in [0, 0.1) is 17.6 Å². The predicted molar refractivity (Wildman–Crippen MR) is 155 cm³/mol. The highest BCUT2D eigenvalue weighted by molar-refractivity contribution is 6.30. The first-order valence-electron chi connectivity index (χ1n) is 13.8. The molecule has 15 heteroatoms. The maximum absolute atomic E-state index is 15.2. The first-order valence-corrected chi connectivity index (χ1v) is 14.2. The maximum Gasteiger partial charge on any atom is 0.333 e. The average Bonchev–Trinajstić information content (AvgIpc) is 3.77. The van der Waals surface area contributed by atoms with E-state index in [-0.39, 0.29) is 70.1 Å². The summed E-state index contributed by atoms with van der Waals surface area (Å²) in [6, 6.07) is 6.40. The number of nitrogens with one attached hydrogen (secondary N) is 1. The van der Waals surface area contributed by atoms with Crippen molar-refractivity contribution in [2.24, 2.45) is 11.7 Å². The summed E-state index contributed by atoms with van der Waals surface area (Å²) < 4.78 is 67.6. The SMILES string of the molecule is CCOc1c(CC(N)=O)cc([C@@](O)(CNC(=O)c2cc(OC)c3nn(C(F)F)cc3c2)C2CC2)nc1-c1ccc(Cl)c(F)c1F. The van der Waals surface area contributed by atoms with Crippen molar-refractivity contribution in [3.63, 3.8) is 0 Å². The summed E-state index contributed by atoms with van der Waals surface area (Å²) in [5.74, 6) is -4.42. The minimum Gasteiger partial charge on any atom is -0.494 e. The van der Waals surface area contributed by atoms with Crippen molar-refractivity contribution in [3.8, 4) is 22.8 Å². The molecule has 0 spiro atoms. The summed E-state index contributed by atoms with van der Waals surface area (Å²) in [5, 5.41) is 18.3. The zero-order valence-electron chi connectivity index (χ0n) is 24.0. The molecular formula is C30H28ClF4N5O5. The molecule has 1 aliphatic carbocycles. The van der Waals surface area contributed by atoms with E-state index in [0.717, 1.165) is 12.3 Å². The van der Waals surface area contributed by atoms with E-state index in [2.05, 4.69) is 15.4 Å². The molecule has 1 aliphatic rings. The van der Waals surface area contributed by atoms with Crippen LogP contribution < -0.4 is 20.5 Å². The fraction of sp³-hybridized carbons (Fsp3) is 0.333. The molecule has 1 saturated carbocycles. The normalized spacial score (nSPS) is 14.4. The number of benzene rings is 2. The summed E-state index contributed by atoms with van der Waals surface area (Å²) in [6.45, 7) is -1.58. The zero-order chi connectivity index (χ0) is 32.6. The lowest BCUT2D eigenvalue weighted by Gasteiger charge is -2.30. The van der Waals surface area contributed by atoms with Gasteiger partial charge in [0.1, 0.15) is 28.3 Å². The number of carbonyl (C=O) groups excluding carboxylic acids is 2. The third kappa shape index (κ3) is 6.25. The average molecular weight is 650 g/mol. The lowest BCUT2D eigenvalue weighted by molar-refractivity contribution is -0.117. The standard InChI is InChI=1S/C30H28ClF4N5O5/c1-3-45-27-14(11-22(36)41)10-21(38-26(27)18-6-7-19(31)24(33)23(18)32)30(43,17-4-5-17)13-37-28(42)15-8-16-12-40(29(34)35)39-25(16)20(9-15)44-2/h6-10,12,17,29,43H,3-5,11,13H2,1-2H3,(H2,36,41)(H,37,42)/t30-/m1/s1. The van der Waals surface area contributed by atoms with Gasteiger partial charge in [-0.15, -0.1) is 0 Å². The van der Waals surface area contributed by atoms with Gasteiger partial charge < -0.3 is 25.6 Å². The van der Waals surface area contributed by atoms with E-state index in [0.29, 0.717) is 17.5 Å². The predicted octanol–water partition coefficient (Wildman–Crippen LogP) is 4.89. The van der Waals surface area contributed by atoms with Crippen LogP contribution in [0.5, 0.6) is 11.5 Å². The number of nitrogens with zero attached hydrogens (tertiary/aromatic N) is 3. The van der Waals surface area contributed by atoms with Gasteiger partial charge in [-0.05, 0) is 56.0 Å². The Kier molecular flexibility index (Phi) is 8.90. The van der Waals surface area contributed by atoms with Gasteiger partial charge in [-0.1, -0.05) is 11.6 Å². The largest absolute Gasteiger partial charge is 0.494 e. The summed E-state index contributed by atoms with van der Waals surface area (Å²) >= 11 is 5.76.